The molecule has 1 aliphatic heterocycles. The SMILES string of the molecule is c1cc(-c2noc(CCN3CCOCC3)n2)c2cc[nH]c2c1. The molecule has 0 saturated carbocycles. The van der Waals surface area contributed by atoms with Gasteiger partial charge >= 0.3 is 0 Å². The molecule has 6 heteroatoms. The Labute approximate surface area is 128 Å². The van der Waals surface area contributed by atoms with Gasteiger partial charge in [0.1, 0.15) is 0 Å². The second-order valence-corrected chi connectivity index (χ2v) is 5.46. The summed E-state index contributed by atoms with van der Waals surface area (Å²) in [4.78, 5) is 10.1. The number of hydrogen-bond donors (Lipinski definition) is 1. The van der Waals surface area contributed by atoms with Crippen molar-refractivity contribution in [3.05, 3.63) is 36.4 Å². The molecule has 2 aromatic heterocycles. The molecule has 0 bridgehead atoms. The number of aromatic nitrogens is 3. The van der Waals surface area contributed by atoms with E-state index in [0.717, 1.165) is 55.7 Å². The van der Waals surface area contributed by atoms with Crippen molar-refractivity contribution in [1.29, 1.82) is 0 Å². The van der Waals surface area contributed by atoms with Gasteiger partial charge in [-0.25, -0.2) is 0 Å². The zero-order chi connectivity index (χ0) is 14.8. The monoisotopic (exact) mass is 298 g/mol. The lowest BCUT2D eigenvalue weighted by atomic mass is 10.1. The van der Waals surface area contributed by atoms with Crippen molar-refractivity contribution in [2.24, 2.45) is 0 Å². The van der Waals surface area contributed by atoms with Crippen LogP contribution in [0.5, 0.6) is 0 Å². The third-order valence-electron chi connectivity index (χ3n) is 4.05. The molecule has 22 heavy (non-hydrogen) atoms. The lowest BCUT2D eigenvalue weighted by molar-refractivity contribution is 0.0375. The average molecular weight is 298 g/mol. The Morgan fingerprint density at radius 2 is 2.09 bits per heavy atom. The molecule has 4 rings (SSSR count). The summed E-state index contributed by atoms with van der Waals surface area (Å²) in [5, 5.41) is 5.25. The molecule has 114 valence electrons. The molecule has 1 N–H and O–H groups in total. The highest BCUT2D eigenvalue weighted by Crippen LogP contribution is 2.25. The normalized spacial score (nSPS) is 16.4. The van der Waals surface area contributed by atoms with E-state index < -0.39 is 0 Å². The molecule has 0 atom stereocenters. The molecule has 3 aromatic rings. The minimum absolute atomic E-state index is 0.655. The minimum Gasteiger partial charge on any atom is -0.379 e. The van der Waals surface area contributed by atoms with Gasteiger partial charge in [0.15, 0.2) is 0 Å². The third-order valence-corrected chi connectivity index (χ3v) is 4.05. The maximum atomic E-state index is 5.41. The van der Waals surface area contributed by atoms with Crippen LogP contribution in [0.1, 0.15) is 5.89 Å². The molecule has 0 radical (unpaired) electrons. The summed E-state index contributed by atoms with van der Waals surface area (Å²) in [6.45, 7) is 4.50. The van der Waals surface area contributed by atoms with Gasteiger partial charge in [-0.1, -0.05) is 17.3 Å². The fourth-order valence-corrected chi connectivity index (χ4v) is 2.82. The van der Waals surface area contributed by atoms with Gasteiger partial charge in [-0.2, -0.15) is 4.98 Å². The van der Waals surface area contributed by atoms with Gasteiger partial charge in [-0.3, -0.25) is 4.90 Å². The van der Waals surface area contributed by atoms with Gasteiger partial charge in [0.05, 0.1) is 13.2 Å². The summed E-state index contributed by atoms with van der Waals surface area (Å²) in [6.07, 6.45) is 2.70. The van der Waals surface area contributed by atoms with Crippen molar-refractivity contribution in [3.63, 3.8) is 0 Å². The van der Waals surface area contributed by atoms with Crippen molar-refractivity contribution in [1.82, 2.24) is 20.0 Å². The molecule has 3 heterocycles. The molecule has 6 nitrogen and oxygen atoms in total. The van der Waals surface area contributed by atoms with Crippen LogP contribution in [-0.4, -0.2) is 52.9 Å². The van der Waals surface area contributed by atoms with E-state index in [9.17, 15) is 0 Å². The van der Waals surface area contributed by atoms with Crippen molar-refractivity contribution < 1.29 is 9.26 Å². The van der Waals surface area contributed by atoms with Crippen LogP contribution in [0.4, 0.5) is 0 Å². The van der Waals surface area contributed by atoms with Crippen LogP contribution in [0.25, 0.3) is 22.3 Å². The van der Waals surface area contributed by atoms with Crippen LogP contribution in [0.15, 0.2) is 35.0 Å². The van der Waals surface area contributed by atoms with E-state index in [0.29, 0.717) is 11.7 Å². The highest BCUT2D eigenvalue weighted by molar-refractivity contribution is 5.93. The number of ether oxygens (including phenoxy) is 1. The number of fused-ring (bicyclic) bond motifs is 1. The Kier molecular flexibility index (Phi) is 3.62. The molecule has 0 amide bonds. The van der Waals surface area contributed by atoms with Crippen LogP contribution in [0, 0.1) is 0 Å². The first-order valence-electron chi connectivity index (χ1n) is 7.59. The fraction of sp³-hybridized carbons (Fsp3) is 0.375. The summed E-state index contributed by atoms with van der Waals surface area (Å²) in [5.41, 5.74) is 2.08. The fourth-order valence-electron chi connectivity index (χ4n) is 2.82. The second kappa shape index (κ2) is 5.90. The van der Waals surface area contributed by atoms with Gasteiger partial charge in [0, 0.05) is 48.7 Å². The maximum absolute atomic E-state index is 5.41. The Balaban J connectivity index is 1.50. The number of nitrogens with one attached hydrogen (secondary N) is 1. The summed E-state index contributed by atoms with van der Waals surface area (Å²) in [7, 11) is 0. The molecule has 0 aliphatic carbocycles. The number of H-pyrrole nitrogens is 1. The Morgan fingerprint density at radius 1 is 1.18 bits per heavy atom. The Morgan fingerprint density at radius 3 is 3.00 bits per heavy atom. The molecule has 0 spiro atoms. The Hall–Kier alpha value is -2.18. The third kappa shape index (κ3) is 2.63. The van der Waals surface area contributed by atoms with E-state index in [-0.39, 0.29) is 0 Å². The van der Waals surface area contributed by atoms with Gasteiger partial charge in [-0.05, 0) is 12.1 Å². The largest absolute Gasteiger partial charge is 0.379 e. The predicted molar refractivity (Wildman–Crippen MR) is 82.6 cm³/mol. The molecule has 1 aliphatic rings. The topological polar surface area (TPSA) is 67.2 Å². The van der Waals surface area contributed by atoms with Crippen molar-refractivity contribution >= 4 is 10.9 Å². The van der Waals surface area contributed by atoms with E-state index >= 15 is 0 Å². The highest BCUT2D eigenvalue weighted by Gasteiger charge is 2.14. The number of rotatable bonds is 4. The molecule has 1 aromatic carbocycles. The molecule has 1 saturated heterocycles. The molecular formula is C16H18N4O2. The van der Waals surface area contributed by atoms with Crippen LogP contribution < -0.4 is 0 Å². The van der Waals surface area contributed by atoms with E-state index in [1.807, 2.05) is 30.5 Å². The first-order valence-corrected chi connectivity index (χ1v) is 7.59. The van der Waals surface area contributed by atoms with E-state index in [4.69, 9.17) is 9.26 Å². The van der Waals surface area contributed by atoms with Gasteiger partial charge in [0.25, 0.3) is 0 Å². The van der Waals surface area contributed by atoms with Crippen LogP contribution in [0.3, 0.4) is 0 Å². The van der Waals surface area contributed by atoms with Crippen LogP contribution in [-0.2, 0) is 11.2 Å². The minimum atomic E-state index is 0.655. The highest BCUT2D eigenvalue weighted by atomic mass is 16.5. The number of aromatic amines is 1. The van der Waals surface area contributed by atoms with Gasteiger partial charge < -0.3 is 14.2 Å². The van der Waals surface area contributed by atoms with E-state index in [2.05, 4.69) is 20.0 Å². The first-order chi connectivity index (χ1) is 10.9. The summed E-state index contributed by atoms with van der Waals surface area (Å²) in [5.74, 6) is 1.34. The lowest BCUT2D eigenvalue weighted by Crippen LogP contribution is -2.37. The molecule has 0 unspecified atom stereocenters. The van der Waals surface area contributed by atoms with Gasteiger partial charge in [-0.15, -0.1) is 0 Å². The lowest BCUT2D eigenvalue weighted by Gasteiger charge is -2.25. The zero-order valence-corrected chi connectivity index (χ0v) is 12.3. The summed E-state index contributed by atoms with van der Waals surface area (Å²) in [6, 6.07) is 8.09. The number of nitrogens with zero attached hydrogens (tertiary/aromatic N) is 3. The number of hydrogen-bond acceptors (Lipinski definition) is 5. The average Bonchev–Trinajstić information content (AvgIpc) is 3.22. The summed E-state index contributed by atoms with van der Waals surface area (Å²) < 4.78 is 10.8. The van der Waals surface area contributed by atoms with E-state index in [1.165, 1.54) is 0 Å². The summed E-state index contributed by atoms with van der Waals surface area (Å²) >= 11 is 0. The second-order valence-electron chi connectivity index (χ2n) is 5.46. The quantitative estimate of drug-likeness (QED) is 0.799. The van der Waals surface area contributed by atoms with Crippen molar-refractivity contribution in [2.75, 3.05) is 32.8 Å². The zero-order valence-electron chi connectivity index (χ0n) is 12.3. The smallest absolute Gasteiger partial charge is 0.228 e. The predicted octanol–water partition coefficient (Wildman–Crippen LogP) is 2.09. The Bertz CT molecular complexity index is 758. The number of benzene rings is 1. The van der Waals surface area contributed by atoms with Crippen molar-refractivity contribution in [2.45, 2.75) is 6.42 Å². The maximum Gasteiger partial charge on any atom is 0.228 e. The molecular weight excluding hydrogens is 280 g/mol. The van der Waals surface area contributed by atoms with E-state index in [1.54, 1.807) is 0 Å². The first kappa shape index (κ1) is 13.5. The van der Waals surface area contributed by atoms with Crippen molar-refractivity contribution in [3.8, 4) is 11.4 Å². The standard InChI is InChI=1S/C16H18N4O2/c1-2-13(12-4-6-17-14(12)3-1)16-18-15(22-19-16)5-7-20-8-10-21-11-9-20/h1-4,6,17H,5,7-11H2. The number of morpholine rings is 1. The van der Waals surface area contributed by atoms with Crippen LogP contribution >= 0.6 is 0 Å². The van der Waals surface area contributed by atoms with Crippen LogP contribution in [0.2, 0.25) is 0 Å². The molecule has 1 fully saturated rings. The van der Waals surface area contributed by atoms with Gasteiger partial charge in [0.2, 0.25) is 11.7 Å².